The fraction of sp³-hybridized carbons (Fsp3) is 0.211. The van der Waals surface area contributed by atoms with Gasteiger partial charge < -0.3 is 5.32 Å². The minimum Gasteiger partial charge on any atom is -0.326 e. The molecule has 0 saturated heterocycles. The van der Waals surface area contributed by atoms with Crippen LogP contribution in [0.3, 0.4) is 0 Å². The van der Waals surface area contributed by atoms with E-state index in [0.717, 1.165) is 33.7 Å². The maximum atomic E-state index is 12.2. The van der Waals surface area contributed by atoms with Crippen molar-refractivity contribution in [3.05, 3.63) is 65.0 Å². The quantitative estimate of drug-likeness (QED) is 0.802. The standard InChI is InChI=1S/C19H19N3O/c1-12-4-6-15(7-5-12)10-19(23)22-16-8-9-17-18(11-16)21-14(3)13(2)20-17/h4-9,11H,10H2,1-3H3,(H,22,23). The number of amides is 1. The molecule has 1 N–H and O–H groups in total. The number of nitrogens with one attached hydrogen (secondary N) is 1. The Labute approximate surface area is 135 Å². The van der Waals surface area contributed by atoms with Crippen LogP contribution in [0.2, 0.25) is 0 Å². The summed E-state index contributed by atoms with van der Waals surface area (Å²) in [6, 6.07) is 13.6. The number of nitrogens with zero attached hydrogens (tertiary/aromatic N) is 2. The van der Waals surface area contributed by atoms with Crippen LogP contribution in [0.4, 0.5) is 5.69 Å². The molecular weight excluding hydrogens is 286 g/mol. The van der Waals surface area contributed by atoms with Crippen molar-refractivity contribution in [1.82, 2.24) is 9.97 Å². The summed E-state index contributed by atoms with van der Waals surface area (Å²) >= 11 is 0. The fourth-order valence-electron chi connectivity index (χ4n) is 2.40. The second-order valence-electron chi connectivity index (χ2n) is 5.81. The molecule has 0 spiro atoms. The number of anilines is 1. The topological polar surface area (TPSA) is 54.9 Å². The van der Waals surface area contributed by atoms with Gasteiger partial charge in [-0.25, -0.2) is 9.97 Å². The SMILES string of the molecule is Cc1ccc(CC(=O)Nc2ccc3nc(C)c(C)nc3c2)cc1. The Hall–Kier alpha value is -2.75. The predicted octanol–water partition coefficient (Wildman–Crippen LogP) is 3.74. The van der Waals surface area contributed by atoms with Gasteiger partial charge in [0.05, 0.1) is 28.8 Å². The Kier molecular flexibility index (Phi) is 4.06. The molecular formula is C19H19N3O. The predicted molar refractivity (Wildman–Crippen MR) is 92.5 cm³/mol. The number of hydrogen-bond acceptors (Lipinski definition) is 3. The molecule has 3 rings (SSSR count). The smallest absolute Gasteiger partial charge is 0.228 e. The zero-order valence-electron chi connectivity index (χ0n) is 13.6. The van der Waals surface area contributed by atoms with Crippen LogP contribution in [0, 0.1) is 20.8 Å². The van der Waals surface area contributed by atoms with E-state index in [1.165, 1.54) is 5.56 Å². The second kappa shape index (κ2) is 6.16. The third-order valence-electron chi connectivity index (χ3n) is 3.84. The van der Waals surface area contributed by atoms with Crippen molar-refractivity contribution in [2.24, 2.45) is 0 Å². The molecule has 4 heteroatoms. The van der Waals surface area contributed by atoms with Gasteiger partial charge in [-0.2, -0.15) is 0 Å². The first-order valence-electron chi connectivity index (χ1n) is 7.62. The highest BCUT2D eigenvalue weighted by molar-refractivity contribution is 5.94. The van der Waals surface area contributed by atoms with Crippen molar-refractivity contribution in [2.75, 3.05) is 5.32 Å². The van der Waals surface area contributed by atoms with Crippen LogP contribution in [0.15, 0.2) is 42.5 Å². The molecule has 2 aromatic carbocycles. The van der Waals surface area contributed by atoms with Gasteiger partial charge in [-0.15, -0.1) is 0 Å². The molecule has 0 bridgehead atoms. The van der Waals surface area contributed by atoms with Crippen molar-refractivity contribution in [3.8, 4) is 0 Å². The Morgan fingerprint density at radius 3 is 2.26 bits per heavy atom. The number of rotatable bonds is 3. The van der Waals surface area contributed by atoms with E-state index in [-0.39, 0.29) is 5.91 Å². The molecule has 0 radical (unpaired) electrons. The van der Waals surface area contributed by atoms with E-state index in [2.05, 4.69) is 15.3 Å². The molecule has 0 atom stereocenters. The van der Waals surface area contributed by atoms with Crippen LogP contribution in [0.1, 0.15) is 22.5 Å². The largest absolute Gasteiger partial charge is 0.326 e. The Bertz CT molecular complexity index is 870. The van der Waals surface area contributed by atoms with Crippen molar-refractivity contribution in [1.29, 1.82) is 0 Å². The lowest BCUT2D eigenvalue weighted by molar-refractivity contribution is -0.115. The maximum absolute atomic E-state index is 12.2. The summed E-state index contributed by atoms with van der Waals surface area (Å²) in [5.41, 5.74) is 6.39. The molecule has 23 heavy (non-hydrogen) atoms. The molecule has 4 nitrogen and oxygen atoms in total. The van der Waals surface area contributed by atoms with E-state index in [9.17, 15) is 4.79 Å². The minimum atomic E-state index is -0.0370. The molecule has 116 valence electrons. The minimum absolute atomic E-state index is 0.0370. The highest BCUT2D eigenvalue weighted by Crippen LogP contribution is 2.18. The summed E-state index contributed by atoms with van der Waals surface area (Å²) in [7, 11) is 0. The van der Waals surface area contributed by atoms with Gasteiger partial charge in [0, 0.05) is 5.69 Å². The van der Waals surface area contributed by atoms with E-state index < -0.39 is 0 Å². The fourth-order valence-corrected chi connectivity index (χ4v) is 2.40. The Balaban J connectivity index is 1.76. The van der Waals surface area contributed by atoms with Crippen LogP contribution < -0.4 is 5.32 Å². The summed E-state index contributed by atoms with van der Waals surface area (Å²) in [6.45, 7) is 5.91. The number of hydrogen-bond donors (Lipinski definition) is 1. The maximum Gasteiger partial charge on any atom is 0.228 e. The first kappa shape index (κ1) is 15.2. The van der Waals surface area contributed by atoms with Gasteiger partial charge in [0.25, 0.3) is 0 Å². The normalized spacial score (nSPS) is 10.7. The van der Waals surface area contributed by atoms with Gasteiger partial charge in [-0.3, -0.25) is 4.79 Å². The average molecular weight is 305 g/mol. The average Bonchev–Trinajstić information content (AvgIpc) is 2.51. The highest BCUT2D eigenvalue weighted by Gasteiger charge is 2.07. The highest BCUT2D eigenvalue weighted by atomic mass is 16.1. The van der Waals surface area contributed by atoms with Crippen molar-refractivity contribution >= 4 is 22.6 Å². The molecule has 0 aliphatic heterocycles. The van der Waals surface area contributed by atoms with Gasteiger partial charge in [0.2, 0.25) is 5.91 Å². The number of fused-ring (bicyclic) bond motifs is 1. The lowest BCUT2D eigenvalue weighted by Gasteiger charge is -2.08. The molecule has 1 aromatic heterocycles. The molecule has 0 aliphatic rings. The summed E-state index contributed by atoms with van der Waals surface area (Å²) in [6.07, 6.45) is 0.358. The molecule has 0 unspecified atom stereocenters. The number of benzene rings is 2. The molecule has 1 heterocycles. The third kappa shape index (κ3) is 3.54. The zero-order chi connectivity index (χ0) is 16.4. The van der Waals surface area contributed by atoms with E-state index in [0.29, 0.717) is 6.42 Å². The molecule has 0 fully saturated rings. The molecule has 3 aromatic rings. The zero-order valence-corrected chi connectivity index (χ0v) is 13.6. The number of carbonyl (C=O) groups is 1. The number of aryl methyl sites for hydroxylation is 3. The second-order valence-corrected chi connectivity index (χ2v) is 5.81. The lowest BCUT2D eigenvalue weighted by atomic mass is 10.1. The van der Waals surface area contributed by atoms with Crippen LogP contribution in [-0.2, 0) is 11.2 Å². The van der Waals surface area contributed by atoms with E-state index in [4.69, 9.17) is 0 Å². The summed E-state index contributed by atoms with van der Waals surface area (Å²) in [4.78, 5) is 21.2. The van der Waals surface area contributed by atoms with Crippen molar-refractivity contribution < 1.29 is 4.79 Å². The van der Waals surface area contributed by atoms with Gasteiger partial charge >= 0.3 is 0 Å². The molecule has 0 aliphatic carbocycles. The van der Waals surface area contributed by atoms with E-state index in [1.54, 1.807) is 0 Å². The first-order valence-corrected chi connectivity index (χ1v) is 7.62. The Morgan fingerprint density at radius 2 is 1.57 bits per heavy atom. The third-order valence-corrected chi connectivity index (χ3v) is 3.84. The van der Waals surface area contributed by atoms with Gasteiger partial charge in [0.1, 0.15) is 0 Å². The van der Waals surface area contributed by atoms with Crippen LogP contribution >= 0.6 is 0 Å². The Morgan fingerprint density at radius 1 is 0.913 bits per heavy atom. The number of carbonyl (C=O) groups excluding carboxylic acids is 1. The summed E-state index contributed by atoms with van der Waals surface area (Å²) in [5.74, 6) is -0.0370. The van der Waals surface area contributed by atoms with Crippen LogP contribution in [0.25, 0.3) is 11.0 Å². The summed E-state index contributed by atoms with van der Waals surface area (Å²) < 4.78 is 0. The van der Waals surface area contributed by atoms with Gasteiger partial charge in [-0.1, -0.05) is 29.8 Å². The molecule has 0 saturated carbocycles. The monoisotopic (exact) mass is 305 g/mol. The van der Waals surface area contributed by atoms with Crippen LogP contribution in [0.5, 0.6) is 0 Å². The number of aromatic nitrogens is 2. The van der Waals surface area contributed by atoms with Crippen molar-refractivity contribution in [2.45, 2.75) is 27.2 Å². The first-order chi connectivity index (χ1) is 11.0. The molecule has 1 amide bonds. The van der Waals surface area contributed by atoms with Crippen molar-refractivity contribution in [3.63, 3.8) is 0 Å². The van der Waals surface area contributed by atoms with Gasteiger partial charge in [0.15, 0.2) is 0 Å². The summed E-state index contributed by atoms with van der Waals surface area (Å²) in [5, 5.41) is 2.92. The lowest BCUT2D eigenvalue weighted by Crippen LogP contribution is -2.14. The van der Waals surface area contributed by atoms with E-state index in [1.807, 2.05) is 63.2 Å². The van der Waals surface area contributed by atoms with E-state index >= 15 is 0 Å². The van der Waals surface area contributed by atoms with Gasteiger partial charge in [-0.05, 0) is 44.5 Å². The van der Waals surface area contributed by atoms with Crippen LogP contribution in [-0.4, -0.2) is 15.9 Å².